The van der Waals surface area contributed by atoms with E-state index in [0.717, 1.165) is 5.39 Å². The number of amides is 1. The van der Waals surface area contributed by atoms with Gasteiger partial charge < -0.3 is 18.6 Å². The molecule has 0 radical (unpaired) electrons. The molecule has 0 bridgehead atoms. The molecular weight excluding hydrogens is 348 g/mol. The smallest absolute Gasteiger partial charge is 0.339 e. The minimum Gasteiger partial charge on any atom is -0.490 e. The van der Waals surface area contributed by atoms with Crippen molar-refractivity contribution in [1.82, 2.24) is 10.1 Å². The number of fused-ring (bicyclic) bond motifs is 1. The monoisotopic (exact) mass is 368 g/mol. The number of aromatic nitrogens is 1. The van der Waals surface area contributed by atoms with Crippen molar-refractivity contribution >= 4 is 16.9 Å². The SMILES string of the molecule is Cc1cc(OC2CCN(C(=O)Cc3noc4ccccc34)CC2)cc(=O)o1. The topological polar surface area (TPSA) is 85.8 Å². The molecule has 3 heterocycles. The maximum Gasteiger partial charge on any atom is 0.339 e. The molecule has 7 heteroatoms. The molecule has 0 saturated carbocycles. The van der Waals surface area contributed by atoms with Gasteiger partial charge in [-0.1, -0.05) is 17.3 Å². The normalized spacial score (nSPS) is 15.2. The number of nitrogens with zero attached hydrogens (tertiary/aromatic N) is 2. The largest absolute Gasteiger partial charge is 0.490 e. The second-order valence-electron chi connectivity index (χ2n) is 6.72. The Hall–Kier alpha value is -3.09. The predicted molar refractivity (Wildman–Crippen MR) is 97.7 cm³/mol. The number of piperidine rings is 1. The van der Waals surface area contributed by atoms with Crippen LogP contribution >= 0.6 is 0 Å². The molecule has 0 spiro atoms. The van der Waals surface area contributed by atoms with E-state index in [-0.39, 0.29) is 18.4 Å². The first-order chi connectivity index (χ1) is 13.1. The van der Waals surface area contributed by atoms with E-state index in [1.807, 2.05) is 29.2 Å². The van der Waals surface area contributed by atoms with Crippen LogP contribution in [0.3, 0.4) is 0 Å². The first-order valence-corrected chi connectivity index (χ1v) is 8.98. The summed E-state index contributed by atoms with van der Waals surface area (Å²) in [7, 11) is 0. The molecule has 7 nitrogen and oxygen atoms in total. The van der Waals surface area contributed by atoms with Crippen LogP contribution in [0, 0.1) is 6.92 Å². The molecule has 1 fully saturated rings. The summed E-state index contributed by atoms with van der Waals surface area (Å²) in [4.78, 5) is 25.9. The fourth-order valence-electron chi connectivity index (χ4n) is 3.38. The zero-order valence-corrected chi connectivity index (χ0v) is 15.0. The number of benzene rings is 1. The summed E-state index contributed by atoms with van der Waals surface area (Å²) in [5.41, 5.74) is 0.938. The van der Waals surface area contributed by atoms with E-state index >= 15 is 0 Å². The summed E-state index contributed by atoms with van der Waals surface area (Å²) in [5.74, 6) is 1.07. The number of hydrogen-bond acceptors (Lipinski definition) is 6. The Balaban J connectivity index is 1.34. The maximum atomic E-state index is 12.6. The molecule has 3 aromatic rings. The molecule has 1 amide bonds. The molecule has 1 aliphatic rings. The minimum atomic E-state index is -0.419. The van der Waals surface area contributed by atoms with Crippen LogP contribution in [0.15, 0.2) is 50.1 Å². The number of aryl methyl sites for hydroxylation is 1. The number of para-hydroxylation sites is 1. The van der Waals surface area contributed by atoms with Crippen molar-refractivity contribution in [3.8, 4) is 5.75 Å². The molecule has 0 atom stereocenters. The number of hydrogen-bond donors (Lipinski definition) is 0. The van der Waals surface area contributed by atoms with Gasteiger partial charge in [-0.3, -0.25) is 4.79 Å². The van der Waals surface area contributed by atoms with Crippen molar-refractivity contribution in [1.29, 1.82) is 0 Å². The Morgan fingerprint density at radius 1 is 1.26 bits per heavy atom. The number of ether oxygens (including phenoxy) is 1. The fourth-order valence-corrected chi connectivity index (χ4v) is 3.38. The molecule has 27 heavy (non-hydrogen) atoms. The van der Waals surface area contributed by atoms with Gasteiger partial charge in [0, 0.05) is 37.4 Å². The average Bonchev–Trinajstić information content (AvgIpc) is 3.04. The number of carbonyl (C=O) groups excluding carboxylic acids is 1. The van der Waals surface area contributed by atoms with Crippen molar-refractivity contribution in [3.63, 3.8) is 0 Å². The fraction of sp³-hybridized carbons (Fsp3) is 0.350. The molecule has 0 unspecified atom stereocenters. The summed E-state index contributed by atoms with van der Waals surface area (Å²) in [5, 5.41) is 4.91. The second-order valence-corrected chi connectivity index (χ2v) is 6.72. The lowest BCUT2D eigenvalue weighted by molar-refractivity contribution is -0.132. The average molecular weight is 368 g/mol. The van der Waals surface area contributed by atoms with Gasteiger partial charge in [0.2, 0.25) is 5.91 Å². The van der Waals surface area contributed by atoms with E-state index in [9.17, 15) is 9.59 Å². The summed E-state index contributed by atoms with van der Waals surface area (Å²) in [6, 6.07) is 10.6. The quantitative estimate of drug-likeness (QED) is 0.704. The van der Waals surface area contributed by atoms with Crippen molar-refractivity contribution in [2.24, 2.45) is 0 Å². The van der Waals surface area contributed by atoms with Crippen LogP contribution in [-0.2, 0) is 11.2 Å². The van der Waals surface area contributed by atoms with Crippen molar-refractivity contribution in [2.45, 2.75) is 32.3 Å². The minimum absolute atomic E-state index is 0.0249. The molecule has 0 N–H and O–H groups in total. The molecular formula is C20H20N2O5. The van der Waals surface area contributed by atoms with Gasteiger partial charge in [0.25, 0.3) is 0 Å². The predicted octanol–water partition coefficient (Wildman–Crippen LogP) is 2.70. The highest BCUT2D eigenvalue weighted by molar-refractivity contribution is 5.86. The van der Waals surface area contributed by atoms with Gasteiger partial charge in [-0.2, -0.15) is 0 Å². The molecule has 0 aliphatic carbocycles. The Bertz CT molecular complexity index is 1010. The first kappa shape index (κ1) is 17.3. The highest BCUT2D eigenvalue weighted by atomic mass is 16.5. The van der Waals surface area contributed by atoms with E-state index in [4.69, 9.17) is 13.7 Å². The maximum absolute atomic E-state index is 12.6. The second kappa shape index (κ2) is 7.26. The number of rotatable bonds is 4. The molecule has 1 saturated heterocycles. The Labute approximate surface area is 155 Å². The van der Waals surface area contributed by atoms with Crippen LogP contribution < -0.4 is 10.4 Å². The number of carbonyl (C=O) groups is 1. The van der Waals surface area contributed by atoms with Gasteiger partial charge in [-0.25, -0.2) is 4.79 Å². The lowest BCUT2D eigenvalue weighted by Crippen LogP contribution is -2.42. The van der Waals surface area contributed by atoms with Crippen LogP contribution in [0.1, 0.15) is 24.3 Å². The zero-order chi connectivity index (χ0) is 18.8. The third-order valence-corrected chi connectivity index (χ3v) is 4.74. The van der Waals surface area contributed by atoms with Crippen molar-refractivity contribution in [2.75, 3.05) is 13.1 Å². The zero-order valence-electron chi connectivity index (χ0n) is 15.0. The standard InChI is InChI=1S/C20H20N2O5/c1-13-10-15(11-20(24)25-13)26-14-6-8-22(9-7-14)19(23)12-17-16-4-2-3-5-18(16)27-21-17/h2-5,10-11,14H,6-9,12H2,1H3. The third kappa shape index (κ3) is 3.86. The van der Waals surface area contributed by atoms with Crippen molar-refractivity contribution in [3.05, 3.63) is 58.3 Å². The lowest BCUT2D eigenvalue weighted by Gasteiger charge is -2.32. The summed E-state index contributed by atoms with van der Waals surface area (Å²) >= 11 is 0. The molecule has 2 aromatic heterocycles. The molecule has 140 valence electrons. The van der Waals surface area contributed by atoms with Crippen LogP contribution in [0.5, 0.6) is 5.75 Å². The summed E-state index contributed by atoms with van der Waals surface area (Å²) in [6.07, 6.45) is 1.62. The van der Waals surface area contributed by atoms with Gasteiger partial charge in [0.15, 0.2) is 5.58 Å². The summed E-state index contributed by atoms with van der Waals surface area (Å²) in [6.45, 7) is 2.93. The summed E-state index contributed by atoms with van der Waals surface area (Å²) < 4.78 is 16.1. The lowest BCUT2D eigenvalue weighted by atomic mass is 10.1. The van der Waals surface area contributed by atoms with Crippen LogP contribution in [0.2, 0.25) is 0 Å². The van der Waals surface area contributed by atoms with E-state index in [1.165, 1.54) is 6.07 Å². The van der Waals surface area contributed by atoms with Gasteiger partial charge >= 0.3 is 5.63 Å². The van der Waals surface area contributed by atoms with Crippen LogP contribution in [0.4, 0.5) is 0 Å². The van der Waals surface area contributed by atoms with E-state index in [0.29, 0.717) is 48.7 Å². The Morgan fingerprint density at radius 3 is 2.81 bits per heavy atom. The van der Waals surface area contributed by atoms with Crippen molar-refractivity contribution < 1.29 is 18.5 Å². The van der Waals surface area contributed by atoms with Gasteiger partial charge in [-0.05, 0) is 19.1 Å². The molecule has 1 aliphatic heterocycles. The molecule has 4 rings (SSSR count). The van der Waals surface area contributed by atoms with E-state index < -0.39 is 5.63 Å². The molecule has 1 aromatic carbocycles. The van der Waals surface area contributed by atoms with Gasteiger partial charge in [-0.15, -0.1) is 0 Å². The Kier molecular flexibility index (Phi) is 4.66. The van der Waals surface area contributed by atoms with E-state index in [1.54, 1.807) is 13.0 Å². The van der Waals surface area contributed by atoms with Gasteiger partial charge in [0.05, 0.1) is 12.5 Å². The third-order valence-electron chi connectivity index (χ3n) is 4.74. The van der Waals surface area contributed by atoms with Crippen LogP contribution in [-0.4, -0.2) is 35.2 Å². The Morgan fingerprint density at radius 2 is 2.04 bits per heavy atom. The highest BCUT2D eigenvalue weighted by Crippen LogP contribution is 2.21. The van der Waals surface area contributed by atoms with Crippen LogP contribution in [0.25, 0.3) is 11.0 Å². The number of likely N-dealkylation sites (tertiary alicyclic amines) is 1. The highest BCUT2D eigenvalue weighted by Gasteiger charge is 2.25. The van der Waals surface area contributed by atoms with E-state index in [2.05, 4.69) is 5.16 Å². The van der Waals surface area contributed by atoms with Gasteiger partial charge in [0.1, 0.15) is 23.3 Å². The first-order valence-electron chi connectivity index (χ1n) is 8.98.